The Labute approximate surface area is 162 Å². The molecule has 1 atom stereocenters. The second-order valence-electron chi connectivity index (χ2n) is 5.75. The molecule has 2 aromatic rings. The molecule has 0 aliphatic carbocycles. The summed E-state index contributed by atoms with van der Waals surface area (Å²) in [7, 11) is -3.40. The molecule has 0 fully saturated rings. The van der Waals surface area contributed by atoms with E-state index < -0.39 is 27.9 Å². The van der Waals surface area contributed by atoms with Crippen LogP contribution in [-0.2, 0) is 19.6 Å². The third kappa shape index (κ3) is 6.54. The normalized spacial score (nSPS) is 12.6. The van der Waals surface area contributed by atoms with E-state index in [2.05, 4.69) is 4.72 Å². The van der Waals surface area contributed by atoms with Gasteiger partial charge in [-0.1, -0.05) is 29.8 Å². The average molecular weight is 408 g/mol. The van der Waals surface area contributed by atoms with Gasteiger partial charge < -0.3 is 4.74 Å². The number of hydrogen-bond donors (Lipinski definition) is 1. The van der Waals surface area contributed by atoms with Crippen LogP contribution in [0.2, 0.25) is 5.02 Å². The second kappa shape index (κ2) is 8.83. The Hall–Kier alpha value is -2.64. The van der Waals surface area contributed by atoms with Crippen molar-refractivity contribution in [1.82, 2.24) is 0 Å². The quantitative estimate of drug-likeness (QED) is 0.430. The molecule has 0 bridgehead atoms. The fourth-order valence-corrected chi connectivity index (χ4v) is 2.95. The average Bonchev–Trinajstić information content (AvgIpc) is 2.59. The number of esters is 1. The molecule has 0 spiro atoms. The Morgan fingerprint density at radius 2 is 1.74 bits per heavy atom. The van der Waals surface area contributed by atoms with E-state index in [9.17, 15) is 18.0 Å². The molecule has 0 aliphatic rings. The lowest BCUT2D eigenvalue weighted by atomic mass is 10.1. The SMILES string of the molecule is C[C@H](OC(=O)/C=C/c1ccccc1Cl)C(=O)c1ccc(NS(C)(=O)=O)cc1. The van der Waals surface area contributed by atoms with Crippen molar-refractivity contribution in [2.45, 2.75) is 13.0 Å². The Balaban J connectivity index is 1.98. The number of sulfonamides is 1. The van der Waals surface area contributed by atoms with Crippen LogP contribution in [0.4, 0.5) is 5.69 Å². The molecule has 6 nitrogen and oxygen atoms in total. The predicted octanol–water partition coefficient (Wildman–Crippen LogP) is 3.54. The van der Waals surface area contributed by atoms with Crippen molar-refractivity contribution in [3.05, 3.63) is 70.8 Å². The number of carbonyl (C=O) groups excluding carboxylic acids is 2. The van der Waals surface area contributed by atoms with Gasteiger partial charge >= 0.3 is 5.97 Å². The van der Waals surface area contributed by atoms with Gasteiger partial charge in [0.1, 0.15) is 0 Å². The van der Waals surface area contributed by atoms with Crippen LogP contribution in [0.1, 0.15) is 22.8 Å². The zero-order valence-corrected chi connectivity index (χ0v) is 16.3. The molecule has 0 aromatic heterocycles. The highest BCUT2D eigenvalue weighted by atomic mass is 35.5. The maximum Gasteiger partial charge on any atom is 0.331 e. The van der Waals surface area contributed by atoms with Crippen molar-refractivity contribution in [3.8, 4) is 0 Å². The standard InChI is InChI=1S/C19H18ClNO5S/c1-13(26-18(22)12-9-14-5-3-4-6-17(14)20)19(23)15-7-10-16(11-8-15)21-27(2,24)25/h3-13,21H,1-2H3/b12-9+/t13-/m0/s1. The number of ketones is 1. The molecule has 0 radical (unpaired) electrons. The summed E-state index contributed by atoms with van der Waals surface area (Å²) in [5.74, 6) is -1.08. The number of anilines is 1. The molecule has 8 heteroatoms. The van der Waals surface area contributed by atoms with E-state index in [0.29, 0.717) is 21.8 Å². The van der Waals surface area contributed by atoms with Gasteiger partial charge in [0.25, 0.3) is 0 Å². The van der Waals surface area contributed by atoms with Crippen LogP contribution in [0, 0.1) is 0 Å². The monoisotopic (exact) mass is 407 g/mol. The number of rotatable bonds is 7. The zero-order chi connectivity index (χ0) is 20.0. The molecule has 0 saturated carbocycles. The molecular formula is C19H18ClNO5S. The van der Waals surface area contributed by atoms with E-state index in [0.717, 1.165) is 6.26 Å². The van der Waals surface area contributed by atoms with Gasteiger partial charge in [-0.2, -0.15) is 0 Å². The van der Waals surface area contributed by atoms with Crippen molar-refractivity contribution in [3.63, 3.8) is 0 Å². The number of ether oxygens (including phenoxy) is 1. The fraction of sp³-hybridized carbons (Fsp3) is 0.158. The van der Waals surface area contributed by atoms with Crippen molar-refractivity contribution in [2.75, 3.05) is 11.0 Å². The van der Waals surface area contributed by atoms with E-state index in [1.807, 2.05) is 0 Å². The number of hydrogen-bond acceptors (Lipinski definition) is 5. The van der Waals surface area contributed by atoms with Gasteiger partial charge in [0, 0.05) is 22.3 Å². The van der Waals surface area contributed by atoms with E-state index in [4.69, 9.17) is 16.3 Å². The minimum absolute atomic E-state index is 0.296. The van der Waals surface area contributed by atoms with E-state index >= 15 is 0 Å². The minimum Gasteiger partial charge on any atom is -0.451 e. The molecule has 27 heavy (non-hydrogen) atoms. The van der Waals surface area contributed by atoms with Crippen molar-refractivity contribution < 1.29 is 22.7 Å². The van der Waals surface area contributed by atoms with Gasteiger partial charge in [0.2, 0.25) is 15.8 Å². The third-order valence-electron chi connectivity index (χ3n) is 3.44. The zero-order valence-electron chi connectivity index (χ0n) is 14.7. The molecule has 2 rings (SSSR count). The van der Waals surface area contributed by atoms with Crippen molar-refractivity contribution >= 4 is 45.1 Å². The first-order valence-electron chi connectivity index (χ1n) is 7.91. The third-order valence-corrected chi connectivity index (χ3v) is 4.39. The molecular weight excluding hydrogens is 390 g/mol. The Morgan fingerprint density at radius 1 is 1.11 bits per heavy atom. The molecule has 0 saturated heterocycles. The first-order valence-corrected chi connectivity index (χ1v) is 10.2. The van der Waals surface area contributed by atoms with Crippen LogP contribution in [0.5, 0.6) is 0 Å². The summed E-state index contributed by atoms with van der Waals surface area (Å²) < 4.78 is 29.8. The lowest BCUT2D eigenvalue weighted by molar-refractivity contribution is -0.140. The van der Waals surface area contributed by atoms with Gasteiger partial charge in [-0.15, -0.1) is 0 Å². The van der Waals surface area contributed by atoms with Gasteiger partial charge in [-0.05, 0) is 48.9 Å². The van der Waals surface area contributed by atoms with Crippen molar-refractivity contribution in [1.29, 1.82) is 0 Å². The smallest absolute Gasteiger partial charge is 0.331 e. The van der Waals surface area contributed by atoms with E-state index in [-0.39, 0.29) is 0 Å². The second-order valence-corrected chi connectivity index (χ2v) is 7.91. The Bertz CT molecular complexity index is 968. The fourth-order valence-electron chi connectivity index (χ4n) is 2.19. The lowest BCUT2D eigenvalue weighted by Crippen LogP contribution is -2.23. The molecule has 0 aliphatic heterocycles. The topological polar surface area (TPSA) is 89.5 Å². The van der Waals surface area contributed by atoms with Gasteiger partial charge in [0.05, 0.1) is 6.26 Å². The number of carbonyl (C=O) groups is 2. The summed E-state index contributed by atoms with van der Waals surface area (Å²) in [6.45, 7) is 1.46. The van der Waals surface area contributed by atoms with E-state index in [1.165, 1.54) is 43.3 Å². The summed E-state index contributed by atoms with van der Waals surface area (Å²) in [5, 5.41) is 0.494. The molecule has 2 aromatic carbocycles. The lowest BCUT2D eigenvalue weighted by Gasteiger charge is -2.11. The predicted molar refractivity (Wildman–Crippen MR) is 105 cm³/mol. The highest BCUT2D eigenvalue weighted by Crippen LogP contribution is 2.17. The first kappa shape index (κ1) is 20.7. The molecule has 142 valence electrons. The number of nitrogens with one attached hydrogen (secondary N) is 1. The number of halogens is 1. The largest absolute Gasteiger partial charge is 0.451 e. The maximum absolute atomic E-state index is 12.3. The van der Waals surface area contributed by atoms with Gasteiger partial charge in [-0.25, -0.2) is 13.2 Å². The minimum atomic E-state index is -3.40. The van der Waals surface area contributed by atoms with Crippen LogP contribution in [0.15, 0.2) is 54.6 Å². The van der Waals surface area contributed by atoms with Gasteiger partial charge in [0.15, 0.2) is 6.10 Å². The Morgan fingerprint density at radius 3 is 2.33 bits per heavy atom. The van der Waals surface area contributed by atoms with Crippen LogP contribution in [0.25, 0.3) is 6.08 Å². The van der Waals surface area contributed by atoms with E-state index in [1.54, 1.807) is 24.3 Å². The van der Waals surface area contributed by atoms with Crippen LogP contribution < -0.4 is 4.72 Å². The highest BCUT2D eigenvalue weighted by molar-refractivity contribution is 7.92. The first-order chi connectivity index (χ1) is 12.7. The summed E-state index contributed by atoms with van der Waals surface area (Å²) in [6, 6.07) is 12.8. The highest BCUT2D eigenvalue weighted by Gasteiger charge is 2.18. The van der Waals surface area contributed by atoms with Crippen molar-refractivity contribution in [2.24, 2.45) is 0 Å². The number of Topliss-reactive ketones (excluding diaryl/α,β-unsaturated/α-hetero) is 1. The summed E-state index contributed by atoms with van der Waals surface area (Å²) in [5.41, 5.74) is 1.29. The number of benzene rings is 2. The van der Waals surface area contributed by atoms with Crippen LogP contribution in [0.3, 0.4) is 0 Å². The molecule has 1 N–H and O–H groups in total. The molecule has 0 amide bonds. The summed E-state index contributed by atoms with van der Waals surface area (Å²) >= 11 is 6.00. The Kier molecular flexibility index (Phi) is 6.76. The maximum atomic E-state index is 12.3. The van der Waals surface area contributed by atoms with Crippen LogP contribution >= 0.6 is 11.6 Å². The summed E-state index contributed by atoms with van der Waals surface area (Å²) in [6.07, 6.45) is 2.74. The van der Waals surface area contributed by atoms with Crippen LogP contribution in [-0.4, -0.2) is 32.5 Å². The summed E-state index contributed by atoms with van der Waals surface area (Å²) in [4.78, 5) is 24.2. The van der Waals surface area contributed by atoms with Gasteiger partial charge in [-0.3, -0.25) is 9.52 Å². The molecule has 0 unspecified atom stereocenters. The molecule has 0 heterocycles.